The van der Waals surface area contributed by atoms with Gasteiger partial charge in [0.15, 0.2) is 0 Å². The molecule has 21 heavy (non-hydrogen) atoms. The van der Waals surface area contributed by atoms with Crippen molar-refractivity contribution < 1.29 is 5.48 Å². The summed E-state index contributed by atoms with van der Waals surface area (Å²) in [5.74, 6) is 0. The van der Waals surface area contributed by atoms with Crippen LogP contribution in [0.15, 0.2) is 91.0 Å². The van der Waals surface area contributed by atoms with Crippen molar-refractivity contribution in [3.8, 4) is 0 Å². The third-order valence-electron chi connectivity index (χ3n) is 3.90. The van der Waals surface area contributed by atoms with Gasteiger partial charge < -0.3 is 0 Å². The average molecular weight is 296 g/mol. The third-order valence-corrected chi connectivity index (χ3v) is 8.07. The molecule has 1 atom stereocenters. The molecule has 0 heterocycles. The van der Waals surface area contributed by atoms with Crippen molar-refractivity contribution in [1.82, 2.24) is 0 Å². The van der Waals surface area contributed by atoms with Gasteiger partial charge in [0.1, 0.15) is 0 Å². The Morgan fingerprint density at radius 2 is 1.00 bits per heavy atom. The van der Waals surface area contributed by atoms with Crippen LogP contribution in [0, 0.1) is 0 Å². The summed E-state index contributed by atoms with van der Waals surface area (Å²) in [7, 11) is -3.06. The summed E-state index contributed by atoms with van der Waals surface area (Å²) in [6.45, 7) is -2.37. The molecule has 0 amide bonds. The van der Waals surface area contributed by atoms with E-state index in [9.17, 15) is 0 Å². The van der Waals surface area contributed by atoms with Crippen LogP contribution in [0.25, 0.3) is 0 Å². The van der Waals surface area contributed by atoms with E-state index in [1.165, 1.54) is 0 Å². The van der Waals surface area contributed by atoms with E-state index in [1.54, 1.807) is 0 Å². The quantitative estimate of drug-likeness (QED) is 0.644. The average Bonchev–Trinajstić information content (AvgIpc) is 2.64. The zero-order valence-corrected chi connectivity index (χ0v) is 12.7. The predicted octanol–water partition coefficient (Wildman–Crippen LogP) is 3.73. The molecule has 106 valence electrons. The van der Waals surface area contributed by atoms with Crippen molar-refractivity contribution in [3.05, 3.63) is 91.0 Å². The normalized spacial score (nSPS) is 17.0. The molecule has 0 fully saturated rings. The van der Waals surface area contributed by atoms with E-state index in [0.717, 1.165) is 15.9 Å². The number of hydrogen-bond donors (Lipinski definition) is 0. The fourth-order valence-electron chi connectivity index (χ4n) is 2.85. The number of hydrogen-bond acceptors (Lipinski definition) is 0. The van der Waals surface area contributed by atoms with Crippen LogP contribution in [0.4, 0.5) is 0 Å². The van der Waals surface area contributed by atoms with E-state index < -0.39 is 20.3 Å². The molecule has 0 aliphatic rings. The Morgan fingerprint density at radius 1 is 0.667 bits per heavy atom. The second-order valence-electron chi connectivity index (χ2n) is 5.05. The first kappa shape index (κ1) is 9.92. The predicted molar refractivity (Wildman–Crippen MR) is 97.1 cm³/mol. The molecular weight excluding hydrogens is 271 g/mol. The molecule has 1 heteroatoms. The summed E-state index contributed by atoms with van der Waals surface area (Å²) in [6, 6.07) is 29.2. The maximum absolute atomic E-state index is 8.84. The van der Waals surface area contributed by atoms with Crippen molar-refractivity contribution in [3.63, 3.8) is 0 Å². The van der Waals surface area contributed by atoms with Crippen LogP contribution < -0.4 is 15.9 Å². The molecule has 0 N–H and O–H groups in total. The molecule has 0 saturated carbocycles. The standard InChI is InChI=1S/C20H21P/c1-2-21(18-12-6-3-7-13-18,19-14-8-4-9-15-19)20-16-10-5-11-17-20/h3-17,21H,2H2,1H3/i1D3,2D. The third kappa shape index (κ3) is 2.52. The molecule has 3 aromatic carbocycles. The minimum atomic E-state index is -3.06. The molecule has 1 unspecified atom stereocenters. The summed E-state index contributed by atoms with van der Waals surface area (Å²) in [4.78, 5) is 0. The fourth-order valence-corrected chi connectivity index (χ4v) is 6.51. The number of rotatable bonds is 4. The molecule has 0 aliphatic carbocycles. The molecule has 0 bridgehead atoms. The van der Waals surface area contributed by atoms with Crippen molar-refractivity contribution in [2.24, 2.45) is 0 Å². The molecule has 0 saturated heterocycles. The first-order valence-corrected chi connectivity index (χ1v) is 9.14. The Labute approximate surface area is 133 Å². The van der Waals surface area contributed by atoms with Gasteiger partial charge in [0.05, 0.1) is 0 Å². The van der Waals surface area contributed by atoms with Crippen LogP contribution in [0.1, 0.15) is 12.3 Å². The van der Waals surface area contributed by atoms with E-state index in [-0.39, 0.29) is 0 Å². The van der Waals surface area contributed by atoms with Gasteiger partial charge in [0.2, 0.25) is 0 Å². The Kier molecular flexibility index (Phi) is 2.95. The van der Waals surface area contributed by atoms with Crippen LogP contribution in [-0.4, -0.2) is 6.14 Å². The molecule has 0 nitrogen and oxygen atoms in total. The number of benzene rings is 3. The summed E-state index contributed by atoms with van der Waals surface area (Å²) < 4.78 is 32.9. The Bertz CT molecular complexity index is 705. The second-order valence-corrected chi connectivity index (χ2v) is 8.69. The molecule has 0 radical (unpaired) electrons. The first-order chi connectivity index (χ1) is 12.0. The molecule has 0 aromatic heterocycles. The summed E-state index contributed by atoms with van der Waals surface area (Å²) in [5, 5.41) is 2.84. The van der Waals surface area contributed by atoms with Crippen molar-refractivity contribution in [1.29, 1.82) is 0 Å². The second kappa shape index (κ2) is 6.24. The topological polar surface area (TPSA) is 0 Å². The minimum absolute atomic E-state index is 0.948. The SMILES string of the molecule is [2H]C(C([2H])([2H])[2H])[PH](c1ccccc1)(c1ccccc1)c1ccccc1. The van der Waals surface area contributed by atoms with Crippen LogP contribution in [0.2, 0.25) is 0 Å². The Hall–Kier alpha value is -1.91. The van der Waals surface area contributed by atoms with E-state index in [1.807, 2.05) is 91.0 Å². The van der Waals surface area contributed by atoms with Crippen molar-refractivity contribution >= 4 is 23.2 Å². The Morgan fingerprint density at radius 3 is 1.29 bits per heavy atom. The first-order valence-electron chi connectivity index (χ1n) is 9.14. The van der Waals surface area contributed by atoms with Gasteiger partial charge in [-0.15, -0.1) is 0 Å². The molecule has 0 aliphatic heterocycles. The Balaban J connectivity index is 2.40. The van der Waals surface area contributed by atoms with Gasteiger partial charge in [0.25, 0.3) is 0 Å². The molecule has 0 spiro atoms. The van der Waals surface area contributed by atoms with Gasteiger partial charge in [-0.2, -0.15) is 0 Å². The van der Waals surface area contributed by atoms with Gasteiger partial charge >= 0.3 is 133 Å². The summed E-state index contributed by atoms with van der Waals surface area (Å²) in [5.41, 5.74) is 0. The van der Waals surface area contributed by atoms with E-state index >= 15 is 0 Å². The van der Waals surface area contributed by atoms with Crippen molar-refractivity contribution in [2.75, 3.05) is 6.14 Å². The van der Waals surface area contributed by atoms with Crippen molar-refractivity contribution in [2.45, 2.75) is 6.85 Å². The van der Waals surface area contributed by atoms with Gasteiger partial charge in [-0.3, -0.25) is 0 Å². The monoisotopic (exact) mass is 296 g/mol. The molecule has 3 rings (SSSR count). The summed E-state index contributed by atoms with van der Waals surface area (Å²) in [6.07, 6.45) is -1.20. The van der Waals surface area contributed by atoms with Gasteiger partial charge in [-0.25, -0.2) is 0 Å². The summed E-state index contributed by atoms with van der Waals surface area (Å²) >= 11 is 0. The van der Waals surface area contributed by atoms with Gasteiger partial charge in [-0.1, -0.05) is 0 Å². The van der Waals surface area contributed by atoms with Gasteiger partial charge in [0, 0.05) is 0 Å². The van der Waals surface area contributed by atoms with Gasteiger partial charge in [-0.05, 0) is 0 Å². The molecular formula is C20H21P. The van der Waals surface area contributed by atoms with E-state index in [0.29, 0.717) is 0 Å². The fraction of sp³-hybridized carbons (Fsp3) is 0.100. The van der Waals surface area contributed by atoms with Crippen LogP contribution in [0.5, 0.6) is 0 Å². The van der Waals surface area contributed by atoms with Crippen LogP contribution in [0.3, 0.4) is 0 Å². The van der Waals surface area contributed by atoms with Crippen LogP contribution in [-0.2, 0) is 0 Å². The van der Waals surface area contributed by atoms with E-state index in [4.69, 9.17) is 5.48 Å². The molecule has 3 aromatic rings. The van der Waals surface area contributed by atoms with Crippen LogP contribution >= 0.6 is 7.26 Å². The van der Waals surface area contributed by atoms with E-state index in [2.05, 4.69) is 0 Å². The zero-order valence-electron chi connectivity index (χ0n) is 15.7. The maximum atomic E-state index is 8.84. The zero-order chi connectivity index (χ0) is 17.9.